The van der Waals surface area contributed by atoms with Gasteiger partial charge in [-0.25, -0.2) is 4.79 Å². The van der Waals surface area contributed by atoms with E-state index >= 15 is 0 Å². The molecule has 3 aromatic rings. The molecule has 7 heteroatoms. The third-order valence-electron chi connectivity index (χ3n) is 4.82. The number of fused-ring (bicyclic) bond motifs is 1. The number of urea groups is 1. The first-order chi connectivity index (χ1) is 13.6. The smallest absolute Gasteiger partial charge is 0.325 e. The molecule has 1 fully saturated rings. The van der Waals surface area contributed by atoms with E-state index in [1.54, 1.807) is 0 Å². The number of nitrogens with zero attached hydrogens (tertiary/aromatic N) is 1. The maximum absolute atomic E-state index is 12.5. The normalized spacial score (nSPS) is 16.4. The number of anilines is 1. The van der Waals surface area contributed by atoms with Crippen molar-refractivity contribution in [1.29, 1.82) is 0 Å². The predicted octanol–water partition coefficient (Wildman–Crippen LogP) is 3.01. The van der Waals surface area contributed by atoms with Crippen molar-refractivity contribution in [3.63, 3.8) is 0 Å². The Bertz CT molecular complexity index is 1030. The van der Waals surface area contributed by atoms with Gasteiger partial charge >= 0.3 is 6.03 Å². The van der Waals surface area contributed by atoms with Crippen LogP contribution in [0.1, 0.15) is 18.4 Å². The highest BCUT2D eigenvalue weighted by molar-refractivity contribution is 6.05. The molecule has 0 aliphatic carbocycles. The lowest BCUT2D eigenvalue weighted by Crippen LogP contribution is -2.31. The minimum absolute atomic E-state index is 0.136. The van der Waals surface area contributed by atoms with Gasteiger partial charge in [0.25, 0.3) is 5.91 Å². The molecule has 1 aliphatic heterocycles. The summed E-state index contributed by atoms with van der Waals surface area (Å²) in [5.41, 5.74) is 2.54. The highest BCUT2D eigenvalue weighted by atomic mass is 16.2. The molecule has 0 unspecified atom stereocenters. The van der Waals surface area contributed by atoms with Gasteiger partial charge < -0.3 is 15.6 Å². The average molecular weight is 376 g/mol. The highest BCUT2D eigenvalue weighted by Crippen LogP contribution is 2.22. The molecule has 1 aromatic heterocycles. The van der Waals surface area contributed by atoms with Crippen LogP contribution in [0.2, 0.25) is 0 Å². The van der Waals surface area contributed by atoms with Gasteiger partial charge in [0.05, 0.1) is 12.2 Å². The molecule has 2 aromatic carbocycles. The fourth-order valence-corrected chi connectivity index (χ4v) is 3.37. The summed E-state index contributed by atoms with van der Waals surface area (Å²) in [6.45, 7) is 0.226. The monoisotopic (exact) mass is 376 g/mol. The fraction of sp³-hybridized carbons (Fsp3) is 0.190. The second-order valence-corrected chi connectivity index (χ2v) is 6.74. The van der Waals surface area contributed by atoms with Crippen molar-refractivity contribution in [1.82, 2.24) is 15.2 Å². The summed E-state index contributed by atoms with van der Waals surface area (Å²) in [5, 5.41) is 6.47. The molecule has 4 amide bonds. The maximum Gasteiger partial charge on any atom is 0.325 e. The highest BCUT2D eigenvalue weighted by Gasteiger charge is 2.37. The fourth-order valence-electron chi connectivity index (χ4n) is 3.37. The standard InChI is InChI=1S/C21H20N4O3/c26-19(23-17-8-4-7-16-15(17)11-12-22-16)10-9-18-20(27)25(21(28)24-18)13-14-5-2-1-3-6-14/h1-8,11-12,18,22H,9-10,13H2,(H,23,26)(H,24,28)/t18-/m1/s1. The number of carbonyl (C=O) groups is 3. The van der Waals surface area contributed by atoms with Crippen LogP contribution in [0.25, 0.3) is 10.9 Å². The summed E-state index contributed by atoms with van der Waals surface area (Å²) in [4.78, 5) is 41.3. The third-order valence-corrected chi connectivity index (χ3v) is 4.82. The molecule has 0 spiro atoms. The summed E-state index contributed by atoms with van der Waals surface area (Å²) in [7, 11) is 0. The number of aromatic amines is 1. The van der Waals surface area contributed by atoms with Gasteiger partial charge in [-0.15, -0.1) is 0 Å². The molecule has 1 aliphatic rings. The van der Waals surface area contributed by atoms with Crippen LogP contribution in [0.3, 0.4) is 0 Å². The lowest BCUT2D eigenvalue weighted by molar-refractivity contribution is -0.128. The Kier molecular flexibility index (Phi) is 4.80. The van der Waals surface area contributed by atoms with Crippen LogP contribution in [0.15, 0.2) is 60.8 Å². The predicted molar refractivity (Wildman–Crippen MR) is 105 cm³/mol. The largest absolute Gasteiger partial charge is 0.361 e. The van der Waals surface area contributed by atoms with Crippen LogP contribution < -0.4 is 10.6 Å². The zero-order chi connectivity index (χ0) is 19.5. The van der Waals surface area contributed by atoms with E-state index in [9.17, 15) is 14.4 Å². The van der Waals surface area contributed by atoms with Crippen molar-refractivity contribution in [2.45, 2.75) is 25.4 Å². The number of H-pyrrole nitrogens is 1. The second kappa shape index (κ2) is 7.56. The van der Waals surface area contributed by atoms with E-state index in [2.05, 4.69) is 15.6 Å². The topological polar surface area (TPSA) is 94.3 Å². The molecule has 28 heavy (non-hydrogen) atoms. The average Bonchev–Trinajstić information content (AvgIpc) is 3.28. The van der Waals surface area contributed by atoms with Crippen molar-refractivity contribution >= 4 is 34.4 Å². The summed E-state index contributed by atoms with van der Waals surface area (Å²) >= 11 is 0. The van der Waals surface area contributed by atoms with Gasteiger partial charge in [0.1, 0.15) is 6.04 Å². The minimum Gasteiger partial charge on any atom is -0.361 e. The molecule has 7 nitrogen and oxygen atoms in total. The quantitative estimate of drug-likeness (QED) is 0.577. The Balaban J connectivity index is 1.34. The molecular formula is C21H20N4O3. The van der Waals surface area contributed by atoms with Gasteiger partial charge in [0.2, 0.25) is 5.91 Å². The van der Waals surface area contributed by atoms with E-state index in [0.717, 1.165) is 22.2 Å². The summed E-state index contributed by atoms with van der Waals surface area (Å²) < 4.78 is 0. The number of hydrogen-bond acceptors (Lipinski definition) is 3. The van der Waals surface area contributed by atoms with Crippen LogP contribution >= 0.6 is 0 Å². The molecule has 2 heterocycles. The summed E-state index contributed by atoms with van der Waals surface area (Å²) in [5.74, 6) is -0.494. The van der Waals surface area contributed by atoms with Gasteiger partial charge in [0, 0.05) is 23.5 Å². The number of benzene rings is 2. The molecule has 3 N–H and O–H groups in total. The first-order valence-corrected chi connectivity index (χ1v) is 9.13. The van der Waals surface area contributed by atoms with Crippen LogP contribution in [0.5, 0.6) is 0 Å². The molecule has 0 radical (unpaired) electrons. The number of aromatic nitrogens is 1. The first kappa shape index (κ1) is 17.8. The van der Waals surface area contributed by atoms with E-state index in [1.165, 1.54) is 4.90 Å². The summed E-state index contributed by atoms with van der Waals surface area (Å²) in [6.07, 6.45) is 2.20. The Morgan fingerprint density at radius 1 is 1.04 bits per heavy atom. The van der Waals surface area contributed by atoms with Gasteiger partial charge in [-0.2, -0.15) is 0 Å². The number of nitrogens with one attached hydrogen (secondary N) is 3. The Morgan fingerprint density at radius 3 is 2.68 bits per heavy atom. The van der Waals surface area contributed by atoms with E-state index in [1.807, 2.05) is 60.8 Å². The van der Waals surface area contributed by atoms with Crippen molar-refractivity contribution in [3.8, 4) is 0 Å². The first-order valence-electron chi connectivity index (χ1n) is 9.13. The Hall–Kier alpha value is -3.61. The van der Waals surface area contributed by atoms with E-state index in [0.29, 0.717) is 0 Å². The number of amides is 4. The zero-order valence-corrected chi connectivity index (χ0v) is 15.1. The van der Waals surface area contributed by atoms with Gasteiger partial charge in [-0.3, -0.25) is 14.5 Å². The van der Waals surface area contributed by atoms with Crippen molar-refractivity contribution in [2.24, 2.45) is 0 Å². The van der Waals surface area contributed by atoms with Crippen molar-refractivity contribution in [3.05, 3.63) is 66.4 Å². The lowest BCUT2D eigenvalue weighted by Gasteiger charge is -2.13. The Morgan fingerprint density at radius 2 is 1.86 bits per heavy atom. The molecule has 0 bridgehead atoms. The minimum atomic E-state index is -0.676. The van der Waals surface area contributed by atoms with Gasteiger partial charge in [-0.1, -0.05) is 36.4 Å². The molecule has 4 rings (SSSR count). The molecule has 1 saturated heterocycles. The number of imide groups is 1. The lowest BCUT2D eigenvalue weighted by atomic mass is 10.1. The van der Waals surface area contributed by atoms with E-state index in [-0.39, 0.29) is 31.2 Å². The molecular weight excluding hydrogens is 356 g/mol. The van der Waals surface area contributed by atoms with Crippen molar-refractivity contribution < 1.29 is 14.4 Å². The molecule has 0 saturated carbocycles. The van der Waals surface area contributed by atoms with Crippen LogP contribution in [-0.4, -0.2) is 33.8 Å². The van der Waals surface area contributed by atoms with Crippen LogP contribution in [0, 0.1) is 0 Å². The van der Waals surface area contributed by atoms with E-state index in [4.69, 9.17) is 0 Å². The third kappa shape index (κ3) is 3.59. The number of carbonyl (C=O) groups excluding carboxylic acids is 3. The van der Waals surface area contributed by atoms with Crippen LogP contribution in [0.4, 0.5) is 10.5 Å². The summed E-state index contributed by atoms with van der Waals surface area (Å²) in [6, 6.07) is 15.8. The molecule has 1 atom stereocenters. The van der Waals surface area contributed by atoms with Gasteiger partial charge in [0.15, 0.2) is 0 Å². The molecule has 142 valence electrons. The van der Waals surface area contributed by atoms with E-state index < -0.39 is 12.1 Å². The second-order valence-electron chi connectivity index (χ2n) is 6.74. The Labute approximate surface area is 161 Å². The maximum atomic E-state index is 12.5. The zero-order valence-electron chi connectivity index (χ0n) is 15.1. The number of hydrogen-bond donors (Lipinski definition) is 3. The number of rotatable bonds is 6. The van der Waals surface area contributed by atoms with Crippen molar-refractivity contribution in [2.75, 3.05) is 5.32 Å². The van der Waals surface area contributed by atoms with Gasteiger partial charge in [-0.05, 0) is 30.2 Å². The van der Waals surface area contributed by atoms with Crippen LogP contribution in [-0.2, 0) is 16.1 Å². The SMILES string of the molecule is O=C(CC[C@H]1NC(=O)N(Cc2ccccc2)C1=O)Nc1cccc2[nH]ccc12.